The van der Waals surface area contributed by atoms with Crippen LogP contribution in [0.4, 0.5) is 4.79 Å². The van der Waals surface area contributed by atoms with Crippen LogP contribution >= 0.6 is 0 Å². The summed E-state index contributed by atoms with van der Waals surface area (Å²) in [5.74, 6) is -0.361. The van der Waals surface area contributed by atoms with E-state index in [9.17, 15) is 9.59 Å². The molecule has 2 saturated heterocycles. The molecule has 25 heavy (non-hydrogen) atoms. The average Bonchev–Trinajstić information content (AvgIpc) is 2.89. The van der Waals surface area contributed by atoms with Crippen LogP contribution in [0.15, 0.2) is 30.3 Å². The topological polar surface area (TPSA) is 62.3 Å². The van der Waals surface area contributed by atoms with Crippen LogP contribution in [0.2, 0.25) is 0 Å². The van der Waals surface area contributed by atoms with Crippen molar-refractivity contribution in [3.8, 4) is 0 Å². The van der Waals surface area contributed by atoms with Crippen LogP contribution < -0.4 is 0 Å². The Morgan fingerprint density at radius 1 is 1.20 bits per heavy atom. The van der Waals surface area contributed by atoms with Gasteiger partial charge in [0.05, 0.1) is 6.04 Å². The van der Waals surface area contributed by atoms with Crippen LogP contribution in [-0.4, -0.2) is 58.7 Å². The number of hydroxylamine groups is 4. The van der Waals surface area contributed by atoms with Gasteiger partial charge in [-0.05, 0) is 32.3 Å². The minimum Gasteiger partial charge on any atom is -0.366 e. The fraction of sp³-hybridized carbons (Fsp3) is 0.556. The molecule has 2 bridgehead atoms. The predicted octanol–water partition coefficient (Wildman–Crippen LogP) is 2.19. The molecule has 2 heterocycles. The second-order valence-corrected chi connectivity index (χ2v) is 6.29. The number of urea groups is 1. The maximum absolute atomic E-state index is 12.7. The molecule has 7 nitrogen and oxygen atoms in total. The third kappa shape index (κ3) is 3.77. The Morgan fingerprint density at radius 3 is 2.60 bits per heavy atom. The first-order valence-corrected chi connectivity index (χ1v) is 8.87. The quantitative estimate of drug-likeness (QED) is 0.708. The number of carbonyl (C=O) groups excluding carboxylic acids is 2. The monoisotopic (exact) mass is 347 g/mol. The van der Waals surface area contributed by atoms with E-state index in [1.54, 1.807) is 9.96 Å². The van der Waals surface area contributed by atoms with Crippen molar-refractivity contribution in [2.45, 2.75) is 45.4 Å². The first kappa shape index (κ1) is 17.7. The van der Waals surface area contributed by atoms with Crippen molar-refractivity contribution < 1.29 is 19.3 Å². The number of piperidine rings is 1. The molecule has 2 aliphatic rings. The molecule has 2 aliphatic heterocycles. The van der Waals surface area contributed by atoms with Crippen molar-refractivity contribution in [2.24, 2.45) is 0 Å². The second kappa shape index (κ2) is 7.84. The Kier molecular flexibility index (Phi) is 5.55. The fourth-order valence-corrected chi connectivity index (χ4v) is 3.30. The molecule has 0 unspecified atom stereocenters. The van der Waals surface area contributed by atoms with Crippen molar-refractivity contribution in [1.29, 1.82) is 0 Å². The van der Waals surface area contributed by atoms with Crippen LogP contribution in [0.5, 0.6) is 0 Å². The predicted molar refractivity (Wildman–Crippen MR) is 91.0 cm³/mol. The lowest BCUT2D eigenvalue weighted by molar-refractivity contribution is -0.194. The summed E-state index contributed by atoms with van der Waals surface area (Å²) in [6, 6.07) is 8.93. The minimum atomic E-state index is -0.533. The minimum absolute atomic E-state index is 0.00582. The third-order valence-electron chi connectivity index (χ3n) is 4.73. The highest BCUT2D eigenvalue weighted by Gasteiger charge is 2.48. The number of amides is 2. The molecule has 7 heteroatoms. The smallest absolute Gasteiger partial charge is 0.347 e. The molecular formula is C18H25N3O4. The maximum atomic E-state index is 12.7. The average molecular weight is 347 g/mol. The lowest BCUT2D eigenvalue weighted by Crippen LogP contribution is -2.47. The highest BCUT2D eigenvalue weighted by atomic mass is 16.7. The van der Waals surface area contributed by atoms with E-state index in [0.717, 1.165) is 12.0 Å². The van der Waals surface area contributed by atoms with Crippen LogP contribution in [0, 0.1) is 0 Å². The molecule has 136 valence electrons. The Bertz CT molecular complexity index is 606. The number of hydrogen-bond donors (Lipinski definition) is 0. The molecule has 0 saturated carbocycles. The fourth-order valence-electron chi connectivity index (χ4n) is 3.30. The number of rotatable bonds is 7. The highest BCUT2D eigenvalue weighted by molar-refractivity contribution is 5.85. The standard InChI is InChI=1S/C18H25N3O4/c1-3-19(4-2)25-17(22)16-11-10-15-12-20(16)18(23)21(15)24-13-14-8-6-5-7-9-14/h5-9,15-16H,3-4,10-13H2,1-2H3/t15-,16+/m1/s1. The zero-order valence-electron chi connectivity index (χ0n) is 14.8. The summed E-state index contributed by atoms with van der Waals surface area (Å²) in [7, 11) is 0. The Balaban J connectivity index is 1.61. The van der Waals surface area contributed by atoms with Gasteiger partial charge in [0.1, 0.15) is 12.6 Å². The van der Waals surface area contributed by atoms with Gasteiger partial charge in [0.25, 0.3) is 0 Å². The molecule has 2 atom stereocenters. The normalized spacial score (nSPS) is 22.6. The van der Waals surface area contributed by atoms with Crippen LogP contribution in [0.3, 0.4) is 0 Å². The summed E-state index contributed by atoms with van der Waals surface area (Å²) >= 11 is 0. The van der Waals surface area contributed by atoms with E-state index in [-0.39, 0.29) is 18.0 Å². The Hall–Kier alpha value is -2.12. The molecule has 0 radical (unpaired) electrons. The van der Waals surface area contributed by atoms with Gasteiger partial charge in [-0.25, -0.2) is 9.59 Å². The second-order valence-electron chi connectivity index (χ2n) is 6.29. The van der Waals surface area contributed by atoms with E-state index in [2.05, 4.69) is 0 Å². The zero-order valence-corrected chi connectivity index (χ0v) is 14.8. The summed E-state index contributed by atoms with van der Waals surface area (Å²) in [5, 5.41) is 3.02. The van der Waals surface area contributed by atoms with Gasteiger partial charge in [-0.2, -0.15) is 5.06 Å². The van der Waals surface area contributed by atoms with Gasteiger partial charge in [-0.15, -0.1) is 5.06 Å². The van der Waals surface area contributed by atoms with E-state index < -0.39 is 6.04 Å². The largest absolute Gasteiger partial charge is 0.366 e. The molecule has 1 aromatic rings. The molecule has 1 aromatic carbocycles. The summed E-state index contributed by atoms with van der Waals surface area (Å²) in [4.78, 5) is 37.8. The summed E-state index contributed by atoms with van der Waals surface area (Å²) in [5.41, 5.74) is 1.00. The van der Waals surface area contributed by atoms with Crippen molar-refractivity contribution >= 4 is 12.0 Å². The lowest BCUT2D eigenvalue weighted by Gasteiger charge is -2.30. The first-order chi connectivity index (χ1) is 12.1. The third-order valence-corrected chi connectivity index (χ3v) is 4.73. The van der Waals surface area contributed by atoms with E-state index >= 15 is 0 Å². The van der Waals surface area contributed by atoms with Crippen LogP contribution in [0.25, 0.3) is 0 Å². The zero-order chi connectivity index (χ0) is 17.8. The summed E-state index contributed by atoms with van der Waals surface area (Å²) in [6.45, 7) is 5.94. The van der Waals surface area contributed by atoms with E-state index in [0.29, 0.717) is 32.7 Å². The van der Waals surface area contributed by atoms with Crippen LogP contribution in [0.1, 0.15) is 32.3 Å². The van der Waals surface area contributed by atoms with Crippen molar-refractivity contribution in [1.82, 2.24) is 15.0 Å². The molecule has 0 aromatic heterocycles. The molecule has 0 spiro atoms. The van der Waals surface area contributed by atoms with Gasteiger partial charge < -0.3 is 9.74 Å². The Morgan fingerprint density at radius 2 is 1.92 bits per heavy atom. The van der Waals surface area contributed by atoms with E-state index in [1.165, 1.54) is 5.06 Å². The van der Waals surface area contributed by atoms with Crippen LogP contribution in [-0.2, 0) is 21.1 Å². The van der Waals surface area contributed by atoms with Crippen molar-refractivity contribution in [2.75, 3.05) is 19.6 Å². The molecule has 0 N–H and O–H groups in total. The summed E-state index contributed by atoms with van der Waals surface area (Å²) < 4.78 is 0. The number of benzene rings is 1. The van der Waals surface area contributed by atoms with Gasteiger partial charge in [-0.1, -0.05) is 30.3 Å². The van der Waals surface area contributed by atoms with Gasteiger partial charge in [0.2, 0.25) is 0 Å². The number of nitrogens with zero attached hydrogens (tertiary/aromatic N) is 3. The molecule has 0 aliphatic carbocycles. The van der Waals surface area contributed by atoms with Crippen molar-refractivity contribution in [3.63, 3.8) is 0 Å². The van der Waals surface area contributed by atoms with Gasteiger partial charge in [-0.3, -0.25) is 4.84 Å². The van der Waals surface area contributed by atoms with E-state index in [4.69, 9.17) is 9.68 Å². The lowest BCUT2D eigenvalue weighted by atomic mass is 10.0. The number of carbonyl (C=O) groups is 2. The van der Waals surface area contributed by atoms with Crippen molar-refractivity contribution in [3.05, 3.63) is 35.9 Å². The number of fused-ring (bicyclic) bond motifs is 2. The van der Waals surface area contributed by atoms with E-state index in [1.807, 2.05) is 44.2 Å². The van der Waals surface area contributed by atoms with Gasteiger partial charge >= 0.3 is 12.0 Å². The first-order valence-electron chi connectivity index (χ1n) is 8.87. The molecular weight excluding hydrogens is 322 g/mol. The SMILES string of the molecule is CCN(CC)OC(=O)[C@@H]1CC[C@@H]2CN1C(=O)N2OCc1ccccc1. The molecule has 3 rings (SSSR count). The van der Waals surface area contributed by atoms with Gasteiger partial charge in [0.15, 0.2) is 0 Å². The maximum Gasteiger partial charge on any atom is 0.347 e. The number of hydrogen-bond acceptors (Lipinski definition) is 5. The van der Waals surface area contributed by atoms with Gasteiger partial charge in [0, 0.05) is 19.6 Å². The molecule has 2 fully saturated rings. The highest BCUT2D eigenvalue weighted by Crippen LogP contribution is 2.31. The Labute approximate surface area is 148 Å². The molecule has 2 amide bonds. The summed E-state index contributed by atoms with van der Waals surface area (Å²) in [6.07, 6.45) is 1.33.